The summed E-state index contributed by atoms with van der Waals surface area (Å²) in [6.07, 6.45) is 0. The molecule has 1 aromatic rings. The molecule has 1 aliphatic heterocycles. The van der Waals surface area contributed by atoms with Crippen molar-refractivity contribution in [2.75, 3.05) is 23.3 Å². The second-order valence-electron chi connectivity index (χ2n) is 3.26. The largest absolute Gasteiger partial charge is 0.381 e. The van der Waals surface area contributed by atoms with Gasteiger partial charge >= 0.3 is 0 Å². The molecule has 0 aliphatic carbocycles. The van der Waals surface area contributed by atoms with Gasteiger partial charge in [-0.1, -0.05) is 0 Å². The summed E-state index contributed by atoms with van der Waals surface area (Å²) in [7, 11) is 0. The number of benzene rings is 1. The number of amides is 1. The molecule has 1 N–H and O–H groups in total. The molecule has 0 atom stereocenters. The molecule has 1 aromatic carbocycles. The van der Waals surface area contributed by atoms with E-state index in [2.05, 4.69) is 5.32 Å². The number of rotatable bonds is 0. The summed E-state index contributed by atoms with van der Waals surface area (Å²) in [5, 5.41) is 3.05. The van der Waals surface area contributed by atoms with Crippen LogP contribution in [0.25, 0.3) is 0 Å². The fourth-order valence-electron chi connectivity index (χ4n) is 1.64. The number of hydrogen-bond donors (Lipinski definition) is 1. The van der Waals surface area contributed by atoms with Crippen LogP contribution in [0.5, 0.6) is 0 Å². The topological polar surface area (TPSA) is 32.3 Å². The summed E-state index contributed by atoms with van der Waals surface area (Å²) < 4.78 is 12.9. The fourth-order valence-corrected chi connectivity index (χ4v) is 1.64. The molecular formula is C10H11FN2O. The normalized spacial score (nSPS) is 14.6. The average molecular weight is 194 g/mol. The van der Waals surface area contributed by atoms with Crippen LogP contribution < -0.4 is 10.2 Å². The van der Waals surface area contributed by atoms with Crippen LogP contribution >= 0.6 is 0 Å². The summed E-state index contributed by atoms with van der Waals surface area (Å²) in [5.74, 6) is -0.305. The van der Waals surface area contributed by atoms with Crippen LogP contribution in [0.4, 0.5) is 15.8 Å². The summed E-state index contributed by atoms with van der Waals surface area (Å²) in [6, 6.07) is 4.39. The lowest BCUT2D eigenvalue weighted by molar-refractivity contribution is -0.116. The van der Waals surface area contributed by atoms with Crippen LogP contribution in [0.2, 0.25) is 0 Å². The maximum atomic E-state index is 12.9. The number of carbonyl (C=O) groups is 1. The molecule has 0 saturated carbocycles. The third kappa shape index (κ3) is 1.43. The molecule has 3 nitrogen and oxygen atoms in total. The molecule has 74 valence electrons. The molecule has 14 heavy (non-hydrogen) atoms. The van der Waals surface area contributed by atoms with E-state index in [4.69, 9.17) is 0 Å². The second kappa shape index (κ2) is 3.29. The molecule has 0 unspecified atom stereocenters. The molecule has 1 amide bonds. The average Bonchev–Trinajstić information content (AvgIpc) is 2.16. The Balaban J connectivity index is 2.44. The first-order chi connectivity index (χ1) is 6.68. The molecule has 0 saturated heterocycles. The van der Waals surface area contributed by atoms with Gasteiger partial charge in [0.25, 0.3) is 0 Å². The first-order valence-corrected chi connectivity index (χ1v) is 4.50. The van der Waals surface area contributed by atoms with E-state index in [1.807, 2.05) is 0 Å². The molecule has 0 fully saturated rings. The minimum absolute atomic E-state index is 0.0145. The number of anilines is 2. The monoisotopic (exact) mass is 194 g/mol. The van der Waals surface area contributed by atoms with Gasteiger partial charge in [0.1, 0.15) is 5.82 Å². The summed E-state index contributed by atoms with van der Waals surface area (Å²) in [6.45, 7) is 2.81. The number of nitrogens with zero attached hydrogens (tertiary/aromatic N) is 1. The highest BCUT2D eigenvalue weighted by atomic mass is 19.1. The standard InChI is InChI=1S/C10H11FN2O/c1-7(14)13-5-4-12-9-6-8(11)2-3-10(9)13/h2-3,6,12H,4-5H2,1H3. The SMILES string of the molecule is CC(=O)N1CCNc2cc(F)ccc21. The Hall–Kier alpha value is -1.58. The van der Waals surface area contributed by atoms with Crippen LogP contribution in [-0.4, -0.2) is 19.0 Å². The molecule has 0 spiro atoms. The van der Waals surface area contributed by atoms with E-state index < -0.39 is 0 Å². The zero-order valence-electron chi connectivity index (χ0n) is 7.88. The minimum atomic E-state index is -0.290. The molecule has 1 heterocycles. The molecule has 0 radical (unpaired) electrons. The highest BCUT2D eigenvalue weighted by molar-refractivity contribution is 5.96. The van der Waals surface area contributed by atoms with Gasteiger partial charge in [0.2, 0.25) is 5.91 Å². The first kappa shape index (κ1) is 8.99. The highest BCUT2D eigenvalue weighted by Crippen LogP contribution is 2.29. The lowest BCUT2D eigenvalue weighted by Crippen LogP contribution is -2.37. The summed E-state index contributed by atoms with van der Waals surface area (Å²) in [4.78, 5) is 12.9. The highest BCUT2D eigenvalue weighted by Gasteiger charge is 2.19. The van der Waals surface area contributed by atoms with Crippen molar-refractivity contribution in [1.82, 2.24) is 0 Å². The summed E-state index contributed by atoms with van der Waals surface area (Å²) >= 11 is 0. The van der Waals surface area contributed by atoms with Crippen LogP contribution in [0.1, 0.15) is 6.92 Å². The van der Waals surface area contributed by atoms with E-state index in [1.54, 1.807) is 11.0 Å². The third-order valence-electron chi connectivity index (χ3n) is 2.28. The van der Waals surface area contributed by atoms with Gasteiger partial charge in [0, 0.05) is 20.0 Å². The predicted molar refractivity (Wildman–Crippen MR) is 52.9 cm³/mol. The van der Waals surface area contributed by atoms with Crippen molar-refractivity contribution in [3.05, 3.63) is 24.0 Å². The van der Waals surface area contributed by atoms with Crippen molar-refractivity contribution in [3.8, 4) is 0 Å². The van der Waals surface area contributed by atoms with Crippen LogP contribution in [0.15, 0.2) is 18.2 Å². The van der Waals surface area contributed by atoms with Gasteiger partial charge in [-0.2, -0.15) is 0 Å². The number of halogens is 1. The van der Waals surface area contributed by atoms with Gasteiger partial charge in [-0.15, -0.1) is 0 Å². The van der Waals surface area contributed by atoms with Crippen molar-refractivity contribution in [1.29, 1.82) is 0 Å². The predicted octanol–water partition coefficient (Wildman–Crippen LogP) is 1.60. The Morgan fingerprint density at radius 3 is 3.07 bits per heavy atom. The summed E-state index contributed by atoms with van der Waals surface area (Å²) in [5.41, 5.74) is 1.44. The Bertz CT molecular complexity index is 378. The number of fused-ring (bicyclic) bond motifs is 1. The Morgan fingerprint density at radius 1 is 1.57 bits per heavy atom. The first-order valence-electron chi connectivity index (χ1n) is 4.50. The zero-order chi connectivity index (χ0) is 10.1. The van der Waals surface area contributed by atoms with Gasteiger partial charge < -0.3 is 10.2 Å². The molecule has 1 aliphatic rings. The molecule has 0 aromatic heterocycles. The van der Waals surface area contributed by atoms with Crippen molar-refractivity contribution >= 4 is 17.3 Å². The fraction of sp³-hybridized carbons (Fsp3) is 0.300. The van der Waals surface area contributed by atoms with Gasteiger partial charge in [-0.05, 0) is 18.2 Å². The van der Waals surface area contributed by atoms with Gasteiger partial charge in [-0.3, -0.25) is 4.79 Å². The van der Waals surface area contributed by atoms with Crippen molar-refractivity contribution < 1.29 is 9.18 Å². The van der Waals surface area contributed by atoms with Crippen LogP contribution in [-0.2, 0) is 4.79 Å². The van der Waals surface area contributed by atoms with Gasteiger partial charge in [-0.25, -0.2) is 4.39 Å². The molecular weight excluding hydrogens is 183 g/mol. The second-order valence-corrected chi connectivity index (χ2v) is 3.26. The van der Waals surface area contributed by atoms with Crippen molar-refractivity contribution in [2.45, 2.75) is 6.92 Å². The minimum Gasteiger partial charge on any atom is -0.381 e. The maximum absolute atomic E-state index is 12.9. The van der Waals surface area contributed by atoms with E-state index in [-0.39, 0.29) is 11.7 Å². The molecule has 4 heteroatoms. The third-order valence-corrected chi connectivity index (χ3v) is 2.28. The number of nitrogens with one attached hydrogen (secondary N) is 1. The van der Waals surface area contributed by atoms with Crippen LogP contribution in [0, 0.1) is 5.82 Å². The maximum Gasteiger partial charge on any atom is 0.223 e. The van der Waals surface area contributed by atoms with E-state index in [0.717, 1.165) is 5.69 Å². The van der Waals surface area contributed by atoms with Gasteiger partial charge in [0.15, 0.2) is 0 Å². The van der Waals surface area contributed by atoms with Crippen molar-refractivity contribution in [3.63, 3.8) is 0 Å². The number of carbonyl (C=O) groups excluding carboxylic acids is 1. The number of hydrogen-bond acceptors (Lipinski definition) is 2. The smallest absolute Gasteiger partial charge is 0.223 e. The lowest BCUT2D eigenvalue weighted by Gasteiger charge is -2.29. The van der Waals surface area contributed by atoms with Crippen molar-refractivity contribution in [2.24, 2.45) is 0 Å². The lowest BCUT2D eigenvalue weighted by atomic mass is 10.2. The Kier molecular flexibility index (Phi) is 2.11. The molecule has 0 bridgehead atoms. The van der Waals surface area contributed by atoms with E-state index in [1.165, 1.54) is 19.1 Å². The zero-order valence-corrected chi connectivity index (χ0v) is 7.88. The Labute approximate surface area is 81.5 Å². The quantitative estimate of drug-likeness (QED) is 0.680. The van der Waals surface area contributed by atoms with E-state index >= 15 is 0 Å². The van der Waals surface area contributed by atoms with E-state index in [9.17, 15) is 9.18 Å². The molecule has 2 rings (SSSR count). The van der Waals surface area contributed by atoms with Gasteiger partial charge in [0.05, 0.1) is 11.4 Å². The van der Waals surface area contributed by atoms with E-state index in [0.29, 0.717) is 18.8 Å². The van der Waals surface area contributed by atoms with Crippen LogP contribution in [0.3, 0.4) is 0 Å². The Morgan fingerprint density at radius 2 is 2.36 bits per heavy atom.